The maximum Gasteiger partial charge on any atom is 0.252 e. The monoisotopic (exact) mass is 354 g/mol. The molecule has 1 saturated heterocycles. The van der Waals surface area contributed by atoms with Crippen molar-refractivity contribution in [1.82, 2.24) is 10.6 Å². The van der Waals surface area contributed by atoms with E-state index in [9.17, 15) is 9.18 Å². The third-order valence-corrected chi connectivity index (χ3v) is 4.04. The molecule has 1 amide bonds. The van der Waals surface area contributed by atoms with Crippen LogP contribution in [0.1, 0.15) is 12.0 Å². The third-order valence-electron chi connectivity index (χ3n) is 3.75. The lowest BCUT2D eigenvalue weighted by Crippen LogP contribution is -2.49. The highest BCUT2D eigenvalue weighted by atomic mass is 35.5. The SMILES string of the molecule is COCCC1CNC/C(=C(/C(=N)c2ccc(F)c(Cl)c2)C(N)=O)N1. The predicted octanol–water partition coefficient (Wildman–Crippen LogP) is 1.18. The van der Waals surface area contributed by atoms with Crippen LogP contribution in [-0.4, -0.2) is 44.5 Å². The Morgan fingerprint density at radius 3 is 2.92 bits per heavy atom. The first-order valence-corrected chi connectivity index (χ1v) is 7.85. The van der Waals surface area contributed by atoms with Crippen LogP contribution in [0.2, 0.25) is 5.02 Å². The van der Waals surface area contributed by atoms with Crippen LogP contribution >= 0.6 is 11.6 Å². The molecule has 1 aromatic rings. The first kappa shape index (κ1) is 18.4. The van der Waals surface area contributed by atoms with Crippen LogP contribution < -0.4 is 16.4 Å². The summed E-state index contributed by atoms with van der Waals surface area (Å²) in [5, 5.41) is 14.6. The van der Waals surface area contributed by atoms with Crippen LogP contribution in [0, 0.1) is 11.2 Å². The number of amides is 1. The van der Waals surface area contributed by atoms with E-state index in [1.54, 1.807) is 7.11 Å². The summed E-state index contributed by atoms with van der Waals surface area (Å²) in [5.74, 6) is -1.31. The summed E-state index contributed by atoms with van der Waals surface area (Å²) in [5.41, 5.74) is 6.31. The Morgan fingerprint density at radius 2 is 2.29 bits per heavy atom. The van der Waals surface area contributed by atoms with Crippen molar-refractivity contribution in [3.05, 3.63) is 45.9 Å². The van der Waals surface area contributed by atoms with Crippen LogP contribution in [0.3, 0.4) is 0 Å². The van der Waals surface area contributed by atoms with Crippen molar-refractivity contribution in [2.45, 2.75) is 12.5 Å². The van der Waals surface area contributed by atoms with Gasteiger partial charge in [-0.25, -0.2) is 4.39 Å². The molecule has 6 nitrogen and oxygen atoms in total. The molecule has 0 aliphatic carbocycles. The molecular formula is C16H20ClFN4O2. The van der Waals surface area contributed by atoms with Gasteiger partial charge in [0.15, 0.2) is 0 Å². The average molecular weight is 355 g/mol. The molecule has 1 aromatic carbocycles. The van der Waals surface area contributed by atoms with Crippen molar-refractivity contribution in [3.8, 4) is 0 Å². The lowest BCUT2D eigenvalue weighted by molar-refractivity contribution is -0.114. The fourth-order valence-electron chi connectivity index (χ4n) is 2.53. The van der Waals surface area contributed by atoms with Crippen LogP contribution in [-0.2, 0) is 9.53 Å². The molecule has 0 aromatic heterocycles. The average Bonchev–Trinajstić information content (AvgIpc) is 2.55. The van der Waals surface area contributed by atoms with E-state index in [0.29, 0.717) is 31.0 Å². The van der Waals surface area contributed by atoms with Gasteiger partial charge in [0, 0.05) is 44.1 Å². The quantitative estimate of drug-likeness (QED) is 0.455. The molecule has 1 aliphatic heterocycles. The topological polar surface area (TPSA) is 100 Å². The van der Waals surface area contributed by atoms with Gasteiger partial charge in [-0.2, -0.15) is 0 Å². The molecular weight excluding hydrogens is 335 g/mol. The van der Waals surface area contributed by atoms with Gasteiger partial charge in [-0.15, -0.1) is 0 Å². The molecule has 1 heterocycles. The summed E-state index contributed by atoms with van der Waals surface area (Å²) < 4.78 is 18.4. The summed E-state index contributed by atoms with van der Waals surface area (Å²) >= 11 is 5.76. The van der Waals surface area contributed by atoms with Gasteiger partial charge in [0.05, 0.1) is 16.3 Å². The molecule has 0 radical (unpaired) electrons. The van der Waals surface area contributed by atoms with E-state index >= 15 is 0 Å². The van der Waals surface area contributed by atoms with E-state index in [1.807, 2.05) is 0 Å². The smallest absolute Gasteiger partial charge is 0.252 e. The minimum Gasteiger partial charge on any atom is -0.385 e. The van der Waals surface area contributed by atoms with Crippen molar-refractivity contribution >= 4 is 23.2 Å². The number of rotatable bonds is 6. The maximum atomic E-state index is 13.3. The number of hydrogen-bond acceptors (Lipinski definition) is 5. The van der Waals surface area contributed by atoms with Gasteiger partial charge in [-0.3, -0.25) is 10.2 Å². The number of carbonyl (C=O) groups excluding carboxylic acids is 1. The number of nitrogens with two attached hydrogens (primary N) is 1. The number of nitrogens with one attached hydrogen (secondary N) is 3. The fourth-order valence-corrected chi connectivity index (χ4v) is 2.71. The zero-order valence-electron chi connectivity index (χ0n) is 13.3. The molecule has 1 fully saturated rings. The number of ether oxygens (including phenoxy) is 1. The minimum absolute atomic E-state index is 0.0623. The van der Waals surface area contributed by atoms with Gasteiger partial charge in [0.25, 0.3) is 5.91 Å². The number of piperazine rings is 1. The van der Waals surface area contributed by atoms with Crippen LogP contribution in [0.4, 0.5) is 4.39 Å². The number of primary amides is 1. The van der Waals surface area contributed by atoms with Crippen molar-refractivity contribution in [1.29, 1.82) is 5.41 Å². The first-order valence-electron chi connectivity index (χ1n) is 7.47. The summed E-state index contributed by atoms with van der Waals surface area (Å²) in [7, 11) is 1.62. The second-order valence-corrected chi connectivity index (χ2v) is 5.88. The molecule has 0 saturated carbocycles. The zero-order chi connectivity index (χ0) is 17.7. The normalized spacial score (nSPS) is 19.5. The fraction of sp³-hybridized carbons (Fsp3) is 0.375. The van der Waals surface area contributed by atoms with E-state index in [4.69, 9.17) is 27.5 Å². The largest absolute Gasteiger partial charge is 0.385 e. The highest BCUT2D eigenvalue weighted by Crippen LogP contribution is 2.20. The predicted molar refractivity (Wildman–Crippen MR) is 90.7 cm³/mol. The van der Waals surface area contributed by atoms with Crippen molar-refractivity contribution in [2.24, 2.45) is 5.73 Å². The van der Waals surface area contributed by atoms with E-state index in [2.05, 4.69) is 10.6 Å². The molecule has 5 N–H and O–H groups in total. The maximum absolute atomic E-state index is 13.3. The summed E-state index contributed by atoms with van der Waals surface area (Å²) in [6.45, 7) is 1.68. The van der Waals surface area contributed by atoms with Crippen LogP contribution in [0.5, 0.6) is 0 Å². The second kappa shape index (κ2) is 8.23. The molecule has 0 bridgehead atoms. The standard InChI is InChI=1S/C16H20ClFN4O2/c1-24-5-4-10-7-21-8-13(22-10)14(16(20)23)15(19)9-2-3-12(18)11(17)6-9/h2-3,6,10,19,21-22H,4-5,7-8H2,1H3,(H2,20,23)/b14-13+,19-15?. The van der Waals surface area contributed by atoms with E-state index < -0.39 is 11.7 Å². The molecule has 2 rings (SSSR count). The molecule has 1 aliphatic rings. The van der Waals surface area contributed by atoms with Crippen molar-refractivity contribution < 1.29 is 13.9 Å². The number of hydrogen-bond donors (Lipinski definition) is 4. The Morgan fingerprint density at radius 1 is 1.54 bits per heavy atom. The zero-order valence-corrected chi connectivity index (χ0v) is 14.0. The second-order valence-electron chi connectivity index (χ2n) is 5.48. The lowest BCUT2D eigenvalue weighted by Gasteiger charge is -2.29. The van der Waals surface area contributed by atoms with Gasteiger partial charge in [-0.05, 0) is 24.6 Å². The number of carbonyl (C=O) groups is 1. The molecule has 130 valence electrons. The first-order chi connectivity index (χ1) is 11.4. The van der Waals surface area contributed by atoms with Gasteiger partial charge in [0.2, 0.25) is 0 Å². The molecule has 24 heavy (non-hydrogen) atoms. The summed E-state index contributed by atoms with van der Waals surface area (Å²) in [6, 6.07) is 3.92. The van der Waals surface area contributed by atoms with E-state index in [1.165, 1.54) is 12.1 Å². The molecule has 1 unspecified atom stereocenters. The molecule has 1 atom stereocenters. The van der Waals surface area contributed by atoms with Crippen LogP contribution in [0.15, 0.2) is 29.5 Å². The molecule has 0 spiro atoms. The lowest BCUT2D eigenvalue weighted by atomic mass is 9.98. The van der Waals surface area contributed by atoms with Gasteiger partial charge in [0.1, 0.15) is 5.82 Å². The van der Waals surface area contributed by atoms with E-state index in [-0.39, 0.29) is 22.3 Å². The van der Waals surface area contributed by atoms with Gasteiger partial charge < -0.3 is 21.1 Å². The number of benzene rings is 1. The Balaban J connectivity index is 2.31. The van der Waals surface area contributed by atoms with E-state index in [0.717, 1.165) is 12.5 Å². The van der Waals surface area contributed by atoms with Crippen molar-refractivity contribution in [2.75, 3.05) is 26.8 Å². The Bertz CT molecular complexity index is 678. The Labute approximate surface area is 144 Å². The highest BCUT2D eigenvalue weighted by molar-refractivity contribution is 6.32. The van der Waals surface area contributed by atoms with Gasteiger partial charge >= 0.3 is 0 Å². The highest BCUT2D eigenvalue weighted by Gasteiger charge is 2.24. The summed E-state index contributed by atoms with van der Waals surface area (Å²) in [4.78, 5) is 11.9. The number of halogens is 2. The third kappa shape index (κ3) is 4.31. The van der Waals surface area contributed by atoms with Gasteiger partial charge in [-0.1, -0.05) is 11.6 Å². The summed E-state index contributed by atoms with van der Waals surface area (Å²) in [6.07, 6.45) is 0.745. The Kier molecular flexibility index (Phi) is 6.30. The number of methoxy groups -OCH3 is 1. The van der Waals surface area contributed by atoms with Crippen molar-refractivity contribution in [3.63, 3.8) is 0 Å². The van der Waals surface area contributed by atoms with Crippen LogP contribution in [0.25, 0.3) is 0 Å². The molecule has 8 heteroatoms. The Hall–Kier alpha value is -1.96. The minimum atomic E-state index is -0.725.